The smallest absolute Gasteiger partial charge is 0.387 e. The van der Waals surface area contributed by atoms with Gasteiger partial charge in [0.2, 0.25) is 0 Å². The van der Waals surface area contributed by atoms with Crippen molar-refractivity contribution in [2.75, 3.05) is 11.0 Å². The lowest BCUT2D eigenvalue weighted by Gasteiger charge is -2.07. The van der Waals surface area contributed by atoms with Crippen LogP contribution in [0.4, 0.5) is 8.78 Å². The average Bonchev–Trinajstić information content (AvgIpc) is 2.38. The largest absolute Gasteiger partial charge is 0.435 e. The van der Waals surface area contributed by atoms with Gasteiger partial charge in [0.25, 0.3) is 5.91 Å². The van der Waals surface area contributed by atoms with Crippen LogP contribution in [0.2, 0.25) is 0 Å². The van der Waals surface area contributed by atoms with Crippen molar-refractivity contribution >= 4 is 28.5 Å². The molecule has 0 heterocycles. The summed E-state index contributed by atoms with van der Waals surface area (Å²) in [4.78, 5) is 11.8. The van der Waals surface area contributed by atoms with E-state index in [0.29, 0.717) is 12.1 Å². The van der Waals surface area contributed by atoms with E-state index >= 15 is 0 Å². The maximum atomic E-state index is 12.1. The predicted octanol–water partition coefficient (Wildman–Crippen LogP) is 3.62. The van der Waals surface area contributed by atoms with E-state index in [4.69, 9.17) is 0 Å². The highest BCUT2D eigenvalue weighted by Crippen LogP contribution is 2.15. The zero-order chi connectivity index (χ0) is 14.1. The van der Waals surface area contributed by atoms with Crippen LogP contribution < -0.4 is 10.1 Å². The molecular weight excluding hydrogens is 367 g/mol. The topological polar surface area (TPSA) is 38.3 Å². The van der Waals surface area contributed by atoms with Crippen LogP contribution in [0.5, 0.6) is 5.75 Å². The molecule has 106 valence electrons. The van der Waals surface area contributed by atoms with E-state index in [1.54, 1.807) is 6.07 Å². The molecule has 0 atom stereocenters. The number of alkyl halides is 3. The lowest BCUT2D eigenvalue weighted by Crippen LogP contribution is -2.24. The van der Waals surface area contributed by atoms with E-state index < -0.39 is 6.61 Å². The third-order valence-electron chi connectivity index (χ3n) is 2.42. The Labute approximate surface area is 124 Å². The number of hydrogen-bond acceptors (Lipinski definition) is 2. The maximum Gasteiger partial charge on any atom is 0.387 e. The summed E-state index contributed by atoms with van der Waals surface area (Å²) in [5, 5.41) is 2.75. The van der Waals surface area contributed by atoms with Crippen LogP contribution >= 0.6 is 22.6 Å². The van der Waals surface area contributed by atoms with E-state index in [2.05, 4.69) is 32.6 Å². The molecule has 19 heavy (non-hydrogen) atoms. The van der Waals surface area contributed by atoms with Crippen molar-refractivity contribution in [2.24, 2.45) is 0 Å². The fourth-order valence-electron chi connectivity index (χ4n) is 1.51. The van der Waals surface area contributed by atoms with Gasteiger partial charge in [-0.3, -0.25) is 4.79 Å². The van der Waals surface area contributed by atoms with Gasteiger partial charge >= 0.3 is 6.61 Å². The second-order valence-electron chi connectivity index (χ2n) is 3.91. The number of amides is 1. The first-order chi connectivity index (χ1) is 9.13. The summed E-state index contributed by atoms with van der Waals surface area (Å²) < 4.78 is 29.5. The van der Waals surface area contributed by atoms with E-state index in [9.17, 15) is 13.6 Å². The first-order valence-corrected chi connectivity index (χ1v) is 7.55. The number of unbranched alkanes of at least 4 members (excludes halogenated alkanes) is 2. The minimum absolute atomic E-state index is 0.00689. The molecule has 1 aromatic rings. The van der Waals surface area contributed by atoms with Gasteiger partial charge in [-0.15, -0.1) is 0 Å². The Morgan fingerprint density at radius 2 is 2.11 bits per heavy atom. The maximum absolute atomic E-state index is 12.1. The van der Waals surface area contributed by atoms with E-state index in [1.807, 2.05) is 0 Å². The molecule has 0 bridgehead atoms. The Kier molecular flexibility index (Phi) is 7.69. The monoisotopic (exact) mass is 383 g/mol. The first kappa shape index (κ1) is 16.1. The molecule has 0 saturated carbocycles. The van der Waals surface area contributed by atoms with Gasteiger partial charge in [-0.2, -0.15) is 8.78 Å². The van der Waals surface area contributed by atoms with Crippen molar-refractivity contribution in [3.8, 4) is 5.75 Å². The molecule has 1 amide bonds. The first-order valence-electron chi connectivity index (χ1n) is 6.02. The number of ether oxygens (including phenoxy) is 1. The minimum Gasteiger partial charge on any atom is -0.435 e. The molecule has 0 aromatic heterocycles. The number of hydrogen-bond donors (Lipinski definition) is 1. The Balaban J connectivity index is 2.43. The predicted molar refractivity (Wildman–Crippen MR) is 78.1 cm³/mol. The summed E-state index contributed by atoms with van der Waals surface area (Å²) in [6.07, 6.45) is 3.12. The summed E-state index contributed by atoms with van der Waals surface area (Å²) >= 11 is 2.31. The second-order valence-corrected chi connectivity index (χ2v) is 4.99. The molecule has 0 aliphatic carbocycles. The highest BCUT2D eigenvalue weighted by molar-refractivity contribution is 14.1. The number of carbonyl (C=O) groups excluding carboxylic acids is 1. The fourth-order valence-corrected chi connectivity index (χ4v) is 2.05. The Morgan fingerprint density at radius 1 is 1.32 bits per heavy atom. The number of rotatable bonds is 8. The van der Waals surface area contributed by atoms with Gasteiger partial charge in [-0.25, -0.2) is 0 Å². The van der Waals surface area contributed by atoms with Crippen molar-refractivity contribution in [1.82, 2.24) is 5.32 Å². The second kappa shape index (κ2) is 9.06. The Bertz CT molecular complexity index is 402. The Hall–Kier alpha value is -0.920. The van der Waals surface area contributed by atoms with Gasteiger partial charge in [-0.05, 0) is 35.5 Å². The van der Waals surface area contributed by atoms with Crippen molar-refractivity contribution < 1.29 is 18.3 Å². The molecule has 1 aromatic carbocycles. The molecule has 6 heteroatoms. The molecule has 0 aliphatic heterocycles. The summed E-state index contributed by atoms with van der Waals surface area (Å²) in [5.74, 6) is -0.276. The van der Waals surface area contributed by atoms with Crippen molar-refractivity contribution in [1.29, 1.82) is 0 Å². The van der Waals surface area contributed by atoms with Gasteiger partial charge in [0.1, 0.15) is 5.75 Å². The van der Waals surface area contributed by atoms with Crippen LogP contribution in [0.25, 0.3) is 0 Å². The van der Waals surface area contributed by atoms with Gasteiger partial charge in [0.05, 0.1) is 0 Å². The zero-order valence-corrected chi connectivity index (χ0v) is 12.5. The molecule has 0 saturated heterocycles. The third-order valence-corrected chi connectivity index (χ3v) is 3.18. The van der Waals surface area contributed by atoms with Crippen molar-refractivity contribution in [3.05, 3.63) is 29.8 Å². The molecule has 0 spiro atoms. The molecular formula is C13H16F2INO2. The standard InChI is InChI=1S/C13H16F2INO2/c14-13(15)19-11-6-4-5-10(9-11)12(18)17-8-3-1-2-7-16/h4-6,9,13H,1-3,7-8H2,(H,17,18). The average molecular weight is 383 g/mol. The van der Waals surface area contributed by atoms with Crippen molar-refractivity contribution in [2.45, 2.75) is 25.9 Å². The highest BCUT2D eigenvalue weighted by atomic mass is 127. The number of benzene rings is 1. The zero-order valence-electron chi connectivity index (χ0n) is 10.4. The lowest BCUT2D eigenvalue weighted by atomic mass is 10.2. The molecule has 0 radical (unpaired) electrons. The highest BCUT2D eigenvalue weighted by Gasteiger charge is 2.08. The molecule has 0 fully saturated rings. The summed E-state index contributed by atoms with van der Waals surface area (Å²) in [6, 6.07) is 5.79. The van der Waals surface area contributed by atoms with Gasteiger partial charge in [0, 0.05) is 12.1 Å². The van der Waals surface area contributed by atoms with Crippen LogP contribution in [-0.2, 0) is 0 Å². The van der Waals surface area contributed by atoms with Crippen LogP contribution in [0.3, 0.4) is 0 Å². The third kappa shape index (κ3) is 6.70. The van der Waals surface area contributed by atoms with Gasteiger partial charge in [0.15, 0.2) is 0 Å². The summed E-state index contributed by atoms with van der Waals surface area (Å²) in [5.41, 5.74) is 0.326. The van der Waals surface area contributed by atoms with E-state index in [1.165, 1.54) is 18.2 Å². The normalized spacial score (nSPS) is 10.5. The van der Waals surface area contributed by atoms with Crippen LogP contribution in [-0.4, -0.2) is 23.5 Å². The lowest BCUT2D eigenvalue weighted by molar-refractivity contribution is -0.0498. The van der Waals surface area contributed by atoms with Gasteiger partial charge in [-0.1, -0.05) is 35.1 Å². The fraction of sp³-hybridized carbons (Fsp3) is 0.462. The summed E-state index contributed by atoms with van der Waals surface area (Å²) in [7, 11) is 0. The van der Waals surface area contributed by atoms with Crippen molar-refractivity contribution in [3.63, 3.8) is 0 Å². The number of carbonyl (C=O) groups is 1. The van der Waals surface area contributed by atoms with E-state index in [-0.39, 0.29) is 11.7 Å². The summed E-state index contributed by atoms with van der Waals surface area (Å²) in [6.45, 7) is -2.29. The molecule has 1 N–H and O–H groups in total. The molecule has 0 aliphatic rings. The molecule has 3 nitrogen and oxygen atoms in total. The molecule has 1 rings (SSSR count). The van der Waals surface area contributed by atoms with Crippen LogP contribution in [0.15, 0.2) is 24.3 Å². The quantitative estimate of drug-likeness (QED) is 0.423. The van der Waals surface area contributed by atoms with Crippen LogP contribution in [0, 0.1) is 0 Å². The van der Waals surface area contributed by atoms with Gasteiger partial charge < -0.3 is 10.1 Å². The minimum atomic E-state index is -2.88. The molecule has 0 unspecified atom stereocenters. The number of nitrogens with one attached hydrogen (secondary N) is 1. The van der Waals surface area contributed by atoms with E-state index in [0.717, 1.165) is 23.7 Å². The number of halogens is 3. The Morgan fingerprint density at radius 3 is 2.79 bits per heavy atom. The van der Waals surface area contributed by atoms with Crippen LogP contribution in [0.1, 0.15) is 29.6 Å². The SMILES string of the molecule is O=C(NCCCCCI)c1cccc(OC(F)F)c1.